The van der Waals surface area contributed by atoms with E-state index < -0.39 is 11.4 Å². The Morgan fingerprint density at radius 3 is 2.25 bits per heavy atom. The Balaban J connectivity index is 3.41. The number of primary amides is 1. The lowest BCUT2D eigenvalue weighted by atomic mass is 10.0. The summed E-state index contributed by atoms with van der Waals surface area (Å²) in [5.41, 5.74) is 12.7. The molecule has 0 aliphatic heterocycles. The first-order valence-corrected chi connectivity index (χ1v) is 6.91. The molecule has 1 aromatic rings. The first-order valence-electron chi connectivity index (χ1n) is 6.50. The zero-order valence-corrected chi connectivity index (χ0v) is 13.1. The number of aryl methyl sites for hydroxylation is 1. The summed E-state index contributed by atoms with van der Waals surface area (Å²) < 4.78 is 0. The summed E-state index contributed by atoms with van der Waals surface area (Å²) in [6, 6.07) is 0. The second-order valence-electron chi connectivity index (χ2n) is 5.03. The molecule has 5 N–H and O–H groups in total. The van der Waals surface area contributed by atoms with E-state index in [0.717, 1.165) is 24.1 Å². The Morgan fingerprint density at radius 1 is 1.25 bits per heavy atom. The molecule has 0 radical (unpaired) electrons. The van der Waals surface area contributed by atoms with Crippen LogP contribution in [0.25, 0.3) is 0 Å². The lowest BCUT2D eigenvalue weighted by molar-refractivity contribution is -0.121. The van der Waals surface area contributed by atoms with Gasteiger partial charge in [0.15, 0.2) is 5.82 Å². The molecule has 1 amide bonds. The van der Waals surface area contributed by atoms with Crippen molar-refractivity contribution in [1.82, 2.24) is 10.2 Å². The number of nitrogens with two attached hydrogens (primary N) is 2. The van der Waals surface area contributed by atoms with Gasteiger partial charge in [-0.05, 0) is 32.3 Å². The van der Waals surface area contributed by atoms with Crippen molar-refractivity contribution in [2.75, 3.05) is 5.32 Å². The molecule has 1 aromatic heterocycles. The molecule has 0 saturated carbocycles. The van der Waals surface area contributed by atoms with Gasteiger partial charge in [0, 0.05) is 0 Å². The van der Waals surface area contributed by atoms with Crippen molar-refractivity contribution in [1.29, 1.82) is 0 Å². The van der Waals surface area contributed by atoms with E-state index in [9.17, 15) is 4.79 Å². The summed E-state index contributed by atoms with van der Waals surface area (Å²) >= 11 is 5.12. The fraction of sp³-hybridized carbons (Fsp3) is 0.538. The summed E-state index contributed by atoms with van der Waals surface area (Å²) in [5.74, 6) is -0.0962. The van der Waals surface area contributed by atoms with E-state index in [4.69, 9.17) is 23.7 Å². The highest BCUT2D eigenvalue weighted by molar-refractivity contribution is 7.80. The first-order chi connectivity index (χ1) is 9.24. The van der Waals surface area contributed by atoms with Crippen LogP contribution in [0.2, 0.25) is 0 Å². The van der Waals surface area contributed by atoms with Crippen LogP contribution in [0, 0.1) is 0 Å². The van der Waals surface area contributed by atoms with Crippen molar-refractivity contribution in [3.8, 4) is 0 Å². The molecule has 0 unspecified atom stereocenters. The Labute approximate surface area is 124 Å². The lowest BCUT2D eigenvalue weighted by Crippen LogP contribution is -2.45. The lowest BCUT2D eigenvalue weighted by Gasteiger charge is -2.25. The molecule has 0 fully saturated rings. The van der Waals surface area contributed by atoms with Crippen LogP contribution in [-0.4, -0.2) is 26.6 Å². The molecule has 0 saturated heterocycles. The number of aromatic nitrogens is 2. The zero-order valence-electron chi connectivity index (χ0n) is 12.3. The van der Waals surface area contributed by atoms with E-state index in [1.807, 2.05) is 13.8 Å². The van der Waals surface area contributed by atoms with Crippen molar-refractivity contribution in [3.05, 3.63) is 16.8 Å². The number of thiocarbonyl (C=S) groups is 1. The number of amides is 1. The van der Waals surface area contributed by atoms with Gasteiger partial charge in [0.25, 0.3) is 0 Å². The maximum atomic E-state index is 11.4. The number of hydrogen-bond donors (Lipinski definition) is 3. The number of hydrogen-bond acceptors (Lipinski definition) is 5. The van der Waals surface area contributed by atoms with Gasteiger partial charge in [-0.15, -0.1) is 5.10 Å². The molecule has 0 atom stereocenters. The number of anilines is 1. The van der Waals surface area contributed by atoms with Gasteiger partial charge in [-0.1, -0.05) is 26.1 Å². The van der Waals surface area contributed by atoms with Gasteiger partial charge in [-0.25, -0.2) is 0 Å². The summed E-state index contributed by atoms with van der Waals surface area (Å²) in [4.78, 5) is 11.7. The minimum Gasteiger partial charge on any atom is -0.389 e. The van der Waals surface area contributed by atoms with Gasteiger partial charge in [0.1, 0.15) is 10.5 Å². The number of carbonyl (C=O) groups excluding carboxylic acids is 1. The van der Waals surface area contributed by atoms with E-state index in [1.165, 1.54) is 0 Å². The highest BCUT2D eigenvalue weighted by Gasteiger charge is 2.28. The normalized spacial score (nSPS) is 11.2. The van der Waals surface area contributed by atoms with Crippen LogP contribution in [0.4, 0.5) is 5.82 Å². The van der Waals surface area contributed by atoms with E-state index in [-0.39, 0.29) is 4.99 Å². The highest BCUT2D eigenvalue weighted by Crippen LogP contribution is 2.23. The molecule has 20 heavy (non-hydrogen) atoms. The van der Waals surface area contributed by atoms with Crippen LogP contribution in [0.3, 0.4) is 0 Å². The molecule has 0 aliphatic carbocycles. The van der Waals surface area contributed by atoms with Gasteiger partial charge in [0.05, 0.1) is 11.3 Å². The van der Waals surface area contributed by atoms with Crippen molar-refractivity contribution in [2.24, 2.45) is 11.5 Å². The maximum Gasteiger partial charge on any atom is 0.242 e. The van der Waals surface area contributed by atoms with Crippen LogP contribution in [0.15, 0.2) is 0 Å². The van der Waals surface area contributed by atoms with Crippen LogP contribution in [0.1, 0.15) is 44.5 Å². The molecule has 0 bridgehead atoms. The number of carbonyl (C=O) groups is 1. The molecule has 110 valence electrons. The molecule has 7 heteroatoms. The zero-order chi connectivity index (χ0) is 15.5. The smallest absolute Gasteiger partial charge is 0.242 e. The topological polar surface area (TPSA) is 107 Å². The molecule has 6 nitrogen and oxygen atoms in total. The van der Waals surface area contributed by atoms with Gasteiger partial charge in [0.2, 0.25) is 5.91 Å². The van der Waals surface area contributed by atoms with Gasteiger partial charge >= 0.3 is 0 Å². The van der Waals surface area contributed by atoms with E-state index in [2.05, 4.69) is 15.5 Å². The van der Waals surface area contributed by atoms with Gasteiger partial charge in [-0.2, -0.15) is 5.10 Å². The highest BCUT2D eigenvalue weighted by atomic mass is 32.1. The first kappa shape index (κ1) is 16.3. The summed E-state index contributed by atoms with van der Waals surface area (Å²) in [6.07, 6.45) is 1.47. The molecule has 0 aromatic carbocycles. The molecular formula is C13H21N5OS. The predicted molar refractivity (Wildman–Crippen MR) is 83.6 cm³/mol. The van der Waals surface area contributed by atoms with Crippen LogP contribution < -0.4 is 16.8 Å². The Kier molecular flexibility index (Phi) is 4.99. The summed E-state index contributed by atoms with van der Waals surface area (Å²) in [6.45, 7) is 7.33. The van der Waals surface area contributed by atoms with Crippen LogP contribution in [-0.2, 0) is 17.6 Å². The van der Waals surface area contributed by atoms with Crippen molar-refractivity contribution in [2.45, 2.75) is 46.1 Å². The molecule has 0 aliphatic rings. The largest absolute Gasteiger partial charge is 0.389 e. The summed E-state index contributed by atoms with van der Waals surface area (Å²) in [5, 5.41) is 11.3. The Bertz CT molecular complexity index is 542. The second kappa shape index (κ2) is 6.13. The molecule has 1 heterocycles. The van der Waals surface area contributed by atoms with E-state index in [1.54, 1.807) is 13.8 Å². The third-order valence-electron chi connectivity index (χ3n) is 3.14. The van der Waals surface area contributed by atoms with Gasteiger partial charge in [-0.3, -0.25) is 4.79 Å². The van der Waals surface area contributed by atoms with Crippen molar-refractivity contribution < 1.29 is 4.79 Å². The van der Waals surface area contributed by atoms with Gasteiger partial charge < -0.3 is 16.8 Å². The fourth-order valence-corrected chi connectivity index (χ4v) is 2.10. The van der Waals surface area contributed by atoms with Crippen molar-refractivity contribution >= 4 is 28.9 Å². The van der Waals surface area contributed by atoms with Crippen LogP contribution >= 0.6 is 12.2 Å². The number of nitrogens with zero attached hydrogens (tertiary/aromatic N) is 2. The van der Waals surface area contributed by atoms with E-state index in [0.29, 0.717) is 11.4 Å². The number of nitrogens with one attached hydrogen (secondary N) is 1. The SMILES string of the molecule is CCc1nnc(NC(C)(C)C(N)=O)c(C(N)=S)c1CC. The molecule has 0 spiro atoms. The molecular weight excluding hydrogens is 274 g/mol. The predicted octanol–water partition coefficient (Wildman–Crippen LogP) is 0.911. The molecule has 1 rings (SSSR count). The maximum absolute atomic E-state index is 11.4. The minimum atomic E-state index is -0.965. The third kappa shape index (κ3) is 3.22. The van der Waals surface area contributed by atoms with Crippen molar-refractivity contribution in [3.63, 3.8) is 0 Å². The minimum absolute atomic E-state index is 0.231. The average Bonchev–Trinajstić information content (AvgIpc) is 2.36. The summed E-state index contributed by atoms with van der Waals surface area (Å²) in [7, 11) is 0. The second-order valence-corrected chi connectivity index (χ2v) is 5.47. The quantitative estimate of drug-likeness (QED) is 0.673. The Hall–Kier alpha value is -1.76. The monoisotopic (exact) mass is 295 g/mol. The third-order valence-corrected chi connectivity index (χ3v) is 3.34. The number of rotatable bonds is 6. The van der Waals surface area contributed by atoms with E-state index >= 15 is 0 Å². The fourth-order valence-electron chi connectivity index (χ4n) is 1.88. The van der Waals surface area contributed by atoms with Crippen LogP contribution in [0.5, 0.6) is 0 Å². The standard InChI is InChI=1S/C13H21N5OS/c1-5-7-8(6-2)17-18-11(9(7)10(14)20)16-13(3,4)12(15)19/h5-6H2,1-4H3,(H2,14,20)(H2,15,19)(H,16,18). The Morgan fingerprint density at radius 2 is 1.85 bits per heavy atom. The average molecular weight is 295 g/mol.